The van der Waals surface area contributed by atoms with Crippen LogP contribution < -0.4 is 10.6 Å². The molecule has 2 N–H and O–H groups in total. The average Bonchev–Trinajstić information content (AvgIpc) is 2.42. The zero-order valence-corrected chi connectivity index (χ0v) is 13.2. The maximum Gasteiger partial charge on any atom is 0.259 e. The molecule has 0 saturated heterocycles. The largest absolute Gasteiger partial charge is 0.387 e. The fraction of sp³-hybridized carbons (Fsp3) is 0.200. The van der Waals surface area contributed by atoms with E-state index >= 15 is 0 Å². The van der Waals surface area contributed by atoms with Crippen LogP contribution in [0.15, 0.2) is 35.1 Å². The number of aryl methyl sites for hydroxylation is 2. The van der Waals surface area contributed by atoms with Crippen LogP contribution in [0.2, 0.25) is 0 Å². The predicted molar refractivity (Wildman–Crippen MR) is 85.4 cm³/mol. The summed E-state index contributed by atoms with van der Waals surface area (Å²) < 4.78 is 0.873. The molecule has 1 aromatic heterocycles. The van der Waals surface area contributed by atoms with Crippen LogP contribution in [0, 0.1) is 13.8 Å². The van der Waals surface area contributed by atoms with E-state index < -0.39 is 0 Å². The molecule has 5 heteroatoms. The Bertz CT molecular complexity index is 632. The first-order chi connectivity index (χ1) is 9.52. The summed E-state index contributed by atoms with van der Waals surface area (Å²) in [5, 5.41) is 5.92. The second-order valence-electron chi connectivity index (χ2n) is 4.56. The van der Waals surface area contributed by atoms with Crippen LogP contribution in [0.25, 0.3) is 0 Å². The van der Waals surface area contributed by atoms with E-state index in [0.717, 1.165) is 27.0 Å². The Kier molecular flexibility index (Phi) is 4.39. The number of pyridine rings is 1. The van der Waals surface area contributed by atoms with E-state index in [-0.39, 0.29) is 5.91 Å². The highest BCUT2D eigenvalue weighted by atomic mass is 79.9. The third-order valence-electron chi connectivity index (χ3n) is 3.01. The smallest absolute Gasteiger partial charge is 0.259 e. The van der Waals surface area contributed by atoms with Crippen molar-refractivity contribution in [1.29, 1.82) is 0 Å². The van der Waals surface area contributed by atoms with Gasteiger partial charge in [-0.05, 0) is 53.0 Å². The topological polar surface area (TPSA) is 54.0 Å². The fourth-order valence-electron chi connectivity index (χ4n) is 2.05. The molecule has 0 unspecified atom stereocenters. The third kappa shape index (κ3) is 2.99. The first-order valence-electron chi connectivity index (χ1n) is 6.22. The van der Waals surface area contributed by atoms with E-state index in [1.54, 1.807) is 25.5 Å². The summed E-state index contributed by atoms with van der Waals surface area (Å²) in [6.45, 7) is 3.99. The number of carbonyl (C=O) groups excluding carboxylic acids is 1. The number of benzene rings is 1. The molecule has 1 heterocycles. The molecule has 2 aromatic rings. The predicted octanol–water partition coefficient (Wildman–Crippen LogP) is 3.75. The van der Waals surface area contributed by atoms with E-state index in [4.69, 9.17) is 0 Å². The number of anilines is 2. The van der Waals surface area contributed by atoms with Crippen LogP contribution in [0.5, 0.6) is 0 Å². The highest BCUT2D eigenvalue weighted by Gasteiger charge is 2.14. The van der Waals surface area contributed by atoms with Crippen LogP contribution in [-0.2, 0) is 0 Å². The van der Waals surface area contributed by atoms with Gasteiger partial charge in [-0.25, -0.2) is 0 Å². The lowest BCUT2D eigenvalue weighted by atomic mass is 10.1. The molecule has 0 saturated carbocycles. The standard InChI is InChI=1S/C15H16BrN3O/c1-9-6-10(2)14(12(16)7-9)19-15(20)11-8-18-5-4-13(11)17-3/h4-8H,1-3H3,(H,17,18)(H,19,20). The summed E-state index contributed by atoms with van der Waals surface area (Å²) in [5.74, 6) is -0.185. The lowest BCUT2D eigenvalue weighted by Crippen LogP contribution is -2.15. The number of carbonyl (C=O) groups is 1. The van der Waals surface area contributed by atoms with Crippen molar-refractivity contribution in [3.05, 3.63) is 51.8 Å². The Morgan fingerprint density at radius 1 is 1.30 bits per heavy atom. The minimum atomic E-state index is -0.185. The second kappa shape index (κ2) is 6.05. The van der Waals surface area contributed by atoms with Gasteiger partial charge in [0.1, 0.15) is 0 Å². The number of hydrogen-bond acceptors (Lipinski definition) is 3. The van der Waals surface area contributed by atoms with Gasteiger partial charge in [-0.2, -0.15) is 0 Å². The van der Waals surface area contributed by atoms with Crippen LogP contribution in [0.4, 0.5) is 11.4 Å². The molecule has 1 aromatic carbocycles. The quantitative estimate of drug-likeness (QED) is 0.899. The van der Waals surface area contributed by atoms with E-state index in [9.17, 15) is 4.79 Å². The normalized spacial score (nSPS) is 10.2. The maximum atomic E-state index is 12.4. The van der Waals surface area contributed by atoms with Gasteiger partial charge in [0.25, 0.3) is 5.91 Å². The fourth-order valence-corrected chi connectivity index (χ4v) is 2.82. The Labute approximate surface area is 126 Å². The molecule has 0 bridgehead atoms. The summed E-state index contributed by atoms with van der Waals surface area (Å²) >= 11 is 3.49. The molecule has 0 aliphatic rings. The van der Waals surface area contributed by atoms with Crippen molar-refractivity contribution in [2.75, 3.05) is 17.7 Å². The number of nitrogens with one attached hydrogen (secondary N) is 2. The molecule has 4 nitrogen and oxygen atoms in total. The zero-order valence-electron chi connectivity index (χ0n) is 11.6. The van der Waals surface area contributed by atoms with E-state index in [0.29, 0.717) is 5.56 Å². The third-order valence-corrected chi connectivity index (χ3v) is 3.63. The molecule has 0 atom stereocenters. The van der Waals surface area contributed by atoms with Gasteiger partial charge >= 0.3 is 0 Å². The Balaban J connectivity index is 2.33. The Hall–Kier alpha value is -1.88. The molecular formula is C15H16BrN3O. The SMILES string of the molecule is CNc1ccncc1C(=O)Nc1c(C)cc(C)cc1Br. The Morgan fingerprint density at radius 3 is 2.70 bits per heavy atom. The first kappa shape index (κ1) is 14.5. The number of halogens is 1. The summed E-state index contributed by atoms with van der Waals surface area (Å²) in [4.78, 5) is 16.4. The molecule has 0 aliphatic heterocycles. The van der Waals surface area contributed by atoms with Gasteiger partial charge in [-0.15, -0.1) is 0 Å². The lowest BCUT2D eigenvalue weighted by Gasteiger charge is -2.13. The monoisotopic (exact) mass is 333 g/mol. The van der Waals surface area contributed by atoms with Crippen LogP contribution >= 0.6 is 15.9 Å². The van der Waals surface area contributed by atoms with Crippen molar-refractivity contribution >= 4 is 33.2 Å². The minimum absolute atomic E-state index is 0.185. The molecular weight excluding hydrogens is 318 g/mol. The van der Waals surface area contributed by atoms with Crippen molar-refractivity contribution < 1.29 is 4.79 Å². The van der Waals surface area contributed by atoms with Gasteiger partial charge in [-0.1, -0.05) is 6.07 Å². The number of hydrogen-bond donors (Lipinski definition) is 2. The van der Waals surface area contributed by atoms with Crippen molar-refractivity contribution in [3.8, 4) is 0 Å². The van der Waals surface area contributed by atoms with Crippen LogP contribution in [0.1, 0.15) is 21.5 Å². The summed E-state index contributed by atoms with van der Waals surface area (Å²) in [5.41, 5.74) is 4.21. The second-order valence-corrected chi connectivity index (χ2v) is 5.42. The number of amides is 1. The zero-order chi connectivity index (χ0) is 14.7. The highest BCUT2D eigenvalue weighted by Crippen LogP contribution is 2.28. The van der Waals surface area contributed by atoms with E-state index in [1.165, 1.54) is 0 Å². The lowest BCUT2D eigenvalue weighted by molar-refractivity contribution is 0.102. The van der Waals surface area contributed by atoms with E-state index in [2.05, 4.69) is 31.5 Å². The molecule has 0 radical (unpaired) electrons. The Morgan fingerprint density at radius 2 is 2.05 bits per heavy atom. The molecule has 0 spiro atoms. The summed E-state index contributed by atoms with van der Waals surface area (Å²) in [7, 11) is 1.78. The molecule has 2 rings (SSSR count). The minimum Gasteiger partial charge on any atom is -0.387 e. The number of nitrogens with zero attached hydrogens (tertiary/aromatic N) is 1. The van der Waals surface area contributed by atoms with Crippen molar-refractivity contribution in [2.45, 2.75) is 13.8 Å². The number of rotatable bonds is 3. The average molecular weight is 334 g/mol. The van der Waals surface area contributed by atoms with Crippen molar-refractivity contribution in [3.63, 3.8) is 0 Å². The van der Waals surface area contributed by atoms with Crippen LogP contribution in [0.3, 0.4) is 0 Å². The van der Waals surface area contributed by atoms with Crippen LogP contribution in [-0.4, -0.2) is 17.9 Å². The van der Waals surface area contributed by atoms with Gasteiger partial charge in [0, 0.05) is 29.6 Å². The van der Waals surface area contributed by atoms with Crippen molar-refractivity contribution in [1.82, 2.24) is 4.98 Å². The maximum absolute atomic E-state index is 12.4. The van der Waals surface area contributed by atoms with E-state index in [1.807, 2.05) is 26.0 Å². The molecule has 0 aliphatic carbocycles. The van der Waals surface area contributed by atoms with Gasteiger partial charge in [0.15, 0.2) is 0 Å². The number of aromatic nitrogens is 1. The van der Waals surface area contributed by atoms with Gasteiger partial charge < -0.3 is 10.6 Å². The van der Waals surface area contributed by atoms with Crippen molar-refractivity contribution in [2.24, 2.45) is 0 Å². The molecule has 104 valence electrons. The first-order valence-corrected chi connectivity index (χ1v) is 7.02. The molecule has 20 heavy (non-hydrogen) atoms. The highest BCUT2D eigenvalue weighted by molar-refractivity contribution is 9.10. The van der Waals surface area contributed by atoms with Gasteiger partial charge in [0.2, 0.25) is 0 Å². The van der Waals surface area contributed by atoms with Gasteiger partial charge in [-0.3, -0.25) is 9.78 Å². The summed E-state index contributed by atoms with van der Waals surface area (Å²) in [6.07, 6.45) is 3.20. The summed E-state index contributed by atoms with van der Waals surface area (Å²) in [6, 6.07) is 5.78. The molecule has 1 amide bonds. The van der Waals surface area contributed by atoms with Gasteiger partial charge in [0.05, 0.1) is 11.3 Å². The molecule has 0 fully saturated rings.